The van der Waals surface area contributed by atoms with Crippen LogP contribution in [0.1, 0.15) is 21.9 Å². The van der Waals surface area contributed by atoms with E-state index in [0.717, 1.165) is 22.1 Å². The molecule has 0 bridgehead atoms. The van der Waals surface area contributed by atoms with E-state index >= 15 is 0 Å². The summed E-state index contributed by atoms with van der Waals surface area (Å²) in [5.74, 6) is 2.89. The smallest absolute Gasteiger partial charge is 0.173 e. The van der Waals surface area contributed by atoms with Gasteiger partial charge in [-0.05, 0) is 23.6 Å². The number of thiophene rings is 1. The number of carbonyl (C=O) groups excluding carboxylic acids is 1. The molecule has 0 saturated carbocycles. The Morgan fingerprint density at radius 3 is 3.00 bits per heavy atom. The van der Waals surface area contributed by atoms with Crippen LogP contribution in [-0.2, 0) is 5.75 Å². The molecule has 84 valence electrons. The molecular weight excluding hydrogens is 240 g/mol. The van der Waals surface area contributed by atoms with Crippen LogP contribution in [0, 0.1) is 0 Å². The summed E-state index contributed by atoms with van der Waals surface area (Å²) in [5, 5.41) is 1.93. The summed E-state index contributed by atoms with van der Waals surface area (Å²) in [7, 11) is 0. The number of rotatable bonds is 6. The monoisotopic (exact) mass is 252 g/mol. The molecule has 2 heterocycles. The third-order valence-corrected chi connectivity index (χ3v) is 3.99. The van der Waals surface area contributed by atoms with Gasteiger partial charge in [-0.1, -0.05) is 6.07 Å². The third-order valence-electron chi connectivity index (χ3n) is 2.09. The predicted octanol–water partition coefficient (Wildman–Crippen LogP) is 3.85. The molecule has 0 fully saturated rings. The van der Waals surface area contributed by atoms with E-state index in [9.17, 15) is 4.79 Å². The number of thioether (sulfide) groups is 1. The summed E-state index contributed by atoms with van der Waals surface area (Å²) in [4.78, 5) is 12.5. The molecule has 0 atom stereocenters. The second kappa shape index (κ2) is 5.92. The molecule has 2 aromatic heterocycles. The van der Waals surface area contributed by atoms with Gasteiger partial charge in [0.1, 0.15) is 5.76 Å². The zero-order valence-electron chi connectivity index (χ0n) is 8.72. The Hall–Kier alpha value is -1.000. The normalized spacial score (nSPS) is 10.5. The summed E-state index contributed by atoms with van der Waals surface area (Å²) in [5.41, 5.74) is 0. The summed E-state index contributed by atoms with van der Waals surface area (Å²) in [6, 6.07) is 7.62. The maximum atomic E-state index is 11.6. The topological polar surface area (TPSA) is 30.2 Å². The fourth-order valence-electron chi connectivity index (χ4n) is 1.29. The van der Waals surface area contributed by atoms with Crippen molar-refractivity contribution in [2.45, 2.75) is 12.2 Å². The molecule has 0 aromatic carbocycles. The molecule has 4 heteroatoms. The number of ketones is 1. The van der Waals surface area contributed by atoms with E-state index in [1.165, 1.54) is 11.3 Å². The van der Waals surface area contributed by atoms with Crippen LogP contribution in [0.25, 0.3) is 0 Å². The van der Waals surface area contributed by atoms with Gasteiger partial charge in [0.15, 0.2) is 5.78 Å². The molecule has 0 aliphatic rings. The summed E-state index contributed by atoms with van der Waals surface area (Å²) in [6.07, 6.45) is 2.28. The van der Waals surface area contributed by atoms with E-state index in [1.807, 2.05) is 29.6 Å². The Balaban J connectivity index is 1.67. The Bertz CT molecular complexity index is 418. The lowest BCUT2D eigenvalue weighted by Crippen LogP contribution is -1.97. The van der Waals surface area contributed by atoms with Crippen molar-refractivity contribution in [2.75, 3.05) is 5.75 Å². The van der Waals surface area contributed by atoms with Crippen LogP contribution in [0.3, 0.4) is 0 Å². The van der Waals surface area contributed by atoms with Crippen LogP contribution in [-0.4, -0.2) is 11.5 Å². The Labute approximate surface area is 103 Å². The maximum absolute atomic E-state index is 11.6. The lowest BCUT2D eigenvalue weighted by atomic mass is 10.3. The summed E-state index contributed by atoms with van der Waals surface area (Å²) in [6.45, 7) is 0. The Morgan fingerprint density at radius 2 is 2.31 bits per heavy atom. The molecule has 16 heavy (non-hydrogen) atoms. The molecule has 0 N–H and O–H groups in total. The highest BCUT2D eigenvalue weighted by Gasteiger charge is 2.06. The average Bonchev–Trinajstić information content (AvgIpc) is 2.96. The minimum absolute atomic E-state index is 0.238. The molecule has 0 aliphatic heterocycles. The molecule has 0 amide bonds. The summed E-state index contributed by atoms with van der Waals surface area (Å²) < 4.78 is 5.21. The van der Waals surface area contributed by atoms with E-state index in [1.54, 1.807) is 18.0 Å². The molecule has 0 spiro atoms. The van der Waals surface area contributed by atoms with Crippen molar-refractivity contribution in [3.05, 3.63) is 46.5 Å². The number of hydrogen-bond donors (Lipinski definition) is 0. The molecule has 0 saturated heterocycles. The number of hydrogen-bond acceptors (Lipinski definition) is 4. The highest BCUT2D eigenvalue weighted by atomic mass is 32.2. The van der Waals surface area contributed by atoms with Crippen LogP contribution in [0.4, 0.5) is 0 Å². The zero-order valence-corrected chi connectivity index (χ0v) is 10.4. The van der Waals surface area contributed by atoms with Crippen LogP contribution < -0.4 is 0 Å². The van der Waals surface area contributed by atoms with Gasteiger partial charge in [-0.2, -0.15) is 11.8 Å². The minimum atomic E-state index is 0.238. The molecule has 2 rings (SSSR count). The van der Waals surface area contributed by atoms with Crippen LogP contribution in [0.2, 0.25) is 0 Å². The highest BCUT2D eigenvalue weighted by Crippen LogP contribution is 2.16. The SMILES string of the molecule is O=C(CCSCc1ccco1)c1cccs1. The fourth-order valence-corrected chi connectivity index (χ4v) is 2.83. The zero-order chi connectivity index (χ0) is 11.2. The van der Waals surface area contributed by atoms with E-state index < -0.39 is 0 Å². The highest BCUT2D eigenvalue weighted by molar-refractivity contribution is 7.98. The number of Topliss-reactive ketones (excluding diaryl/α,β-unsaturated/α-hetero) is 1. The van der Waals surface area contributed by atoms with Crippen LogP contribution >= 0.6 is 23.1 Å². The van der Waals surface area contributed by atoms with Gasteiger partial charge < -0.3 is 4.42 Å². The molecule has 2 aromatic rings. The first kappa shape index (κ1) is 11.5. The second-order valence-corrected chi connectivity index (χ2v) is 5.34. The second-order valence-electron chi connectivity index (χ2n) is 3.28. The van der Waals surface area contributed by atoms with Crippen molar-refractivity contribution >= 4 is 28.9 Å². The first-order valence-corrected chi connectivity index (χ1v) is 7.06. The van der Waals surface area contributed by atoms with Gasteiger partial charge in [-0.25, -0.2) is 0 Å². The van der Waals surface area contributed by atoms with Gasteiger partial charge in [0.2, 0.25) is 0 Å². The van der Waals surface area contributed by atoms with Gasteiger partial charge in [-0.3, -0.25) is 4.79 Å². The predicted molar refractivity (Wildman–Crippen MR) is 68.1 cm³/mol. The first-order chi connectivity index (χ1) is 7.86. The van der Waals surface area contributed by atoms with Gasteiger partial charge in [-0.15, -0.1) is 11.3 Å². The van der Waals surface area contributed by atoms with E-state index in [2.05, 4.69) is 0 Å². The van der Waals surface area contributed by atoms with Crippen molar-refractivity contribution < 1.29 is 9.21 Å². The van der Waals surface area contributed by atoms with E-state index in [4.69, 9.17) is 4.42 Å². The summed E-state index contributed by atoms with van der Waals surface area (Å²) >= 11 is 3.24. The molecule has 0 unspecified atom stereocenters. The average molecular weight is 252 g/mol. The van der Waals surface area contributed by atoms with Crippen molar-refractivity contribution in [3.63, 3.8) is 0 Å². The lowest BCUT2D eigenvalue weighted by Gasteiger charge is -1.98. The Morgan fingerprint density at radius 1 is 1.38 bits per heavy atom. The Kier molecular flexibility index (Phi) is 4.25. The first-order valence-electron chi connectivity index (χ1n) is 5.03. The van der Waals surface area contributed by atoms with Crippen molar-refractivity contribution in [1.29, 1.82) is 0 Å². The van der Waals surface area contributed by atoms with E-state index in [-0.39, 0.29) is 5.78 Å². The van der Waals surface area contributed by atoms with Crippen molar-refractivity contribution in [1.82, 2.24) is 0 Å². The minimum Gasteiger partial charge on any atom is -0.468 e. The standard InChI is InChI=1S/C12H12O2S2/c13-11(12-4-2-7-16-12)5-8-15-9-10-3-1-6-14-10/h1-4,6-7H,5,8-9H2. The van der Waals surface area contributed by atoms with Crippen LogP contribution in [0.5, 0.6) is 0 Å². The van der Waals surface area contributed by atoms with Crippen molar-refractivity contribution in [2.24, 2.45) is 0 Å². The van der Waals surface area contributed by atoms with Gasteiger partial charge >= 0.3 is 0 Å². The van der Waals surface area contributed by atoms with Gasteiger partial charge in [0.25, 0.3) is 0 Å². The fraction of sp³-hybridized carbons (Fsp3) is 0.250. The van der Waals surface area contributed by atoms with Crippen LogP contribution in [0.15, 0.2) is 40.3 Å². The molecule has 2 nitrogen and oxygen atoms in total. The number of furan rings is 1. The van der Waals surface area contributed by atoms with Gasteiger partial charge in [0, 0.05) is 12.2 Å². The maximum Gasteiger partial charge on any atom is 0.173 e. The van der Waals surface area contributed by atoms with E-state index in [0.29, 0.717) is 6.42 Å². The largest absolute Gasteiger partial charge is 0.468 e. The quantitative estimate of drug-likeness (QED) is 0.578. The molecule has 0 aliphatic carbocycles. The molecule has 0 radical (unpaired) electrons. The lowest BCUT2D eigenvalue weighted by molar-refractivity contribution is 0.0993. The van der Waals surface area contributed by atoms with Gasteiger partial charge in [0.05, 0.1) is 16.9 Å². The van der Waals surface area contributed by atoms with Crippen molar-refractivity contribution in [3.8, 4) is 0 Å². The number of carbonyl (C=O) groups is 1. The molecular formula is C12H12O2S2. The third kappa shape index (κ3) is 3.25.